The van der Waals surface area contributed by atoms with E-state index >= 15 is 0 Å². The standard InChI is InChI=1S/C15H22N2O/c1-10-6-14-13(7-12(10)9-16-18)11(2)8-15(3,4)17(14)5/h6-7,9,11,18H,8H2,1-5H3/b16-9+. The molecule has 0 aliphatic carbocycles. The van der Waals surface area contributed by atoms with Gasteiger partial charge in [-0.2, -0.15) is 0 Å². The van der Waals surface area contributed by atoms with Crippen molar-refractivity contribution in [3.63, 3.8) is 0 Å². The van der Waals surface area contributed by atoms with Crippen LogP contribution in [0.3, 0.4) is 0 Å². The van der Waals surface area contributed by atoms with Gasteiger partial charge in [0.1, 0.15) is 0 Å². The number of oxime groups is 1. The summed E-state index contributed by atoms with van der Waals surface area (Å²) in [5, 5.41) is 11.9. The van der Waals surface area contributed by atoms with Gasteiger partial charge in [0.15, 0.2) is 0 Å². The van der Waals surface area contributed by atoms with Crippen LogP contribution in [0.15, 0.2) is 17.3 Å². The maximum Gasteiger partial charge on any atom is 0.0736 e. The molecule has 3 nitrogen and oxygen atoms in total. The molecule has 1 unspecified atom stereocenters. The van der Waals surface area contributed by atoms with E-state index in [0.717, 1.165) is 17.5 Å². The van der Waals surface area contributed by atoms with Gasteiger partial charge in [0.2, 0.25) is 0 Å². The predicted octanol–water partition coefficient (Wildman–Crippen LogP) is 3.53. The molecule has 3 heteroatoms. The van der Waals surface area contributed by atoms with Crippen molar-refractivity contribution in [1.29, 1.82) is 0 Å². The molecule has 1 atom stereocenters. The lowest BCUT2D eigenvalue weighted by Gasteiger charge is -2.45. The van der Waals surface area contributed by atoms with E-state index in [-0.39, 0.29) is 5.54 Å². The Hall–Kier alpha value is -1.51. The maximum atomic E-state index is 8.71. The summed E-state index contributed by atoms with van der Waals surface area (Å²) in [6.07, 6.45) is 2.65. The van der Waals surface area contributed by atoms with Crippen LogP contribution in [-0.4, -0.2) is 24.0 Å². The average molecular weight is 246 g/mol. The molecule has 0 amide bonds. The number of aryl methyl sites for hydroxylation is 1. The summed E-state index contributed by atoms with van der Waals surface area (Å²) in [4.78, 5) is 2.36. The first-order valence-corrected chi connectivity index (χ1v) is 6.42. The molecule has 2 rings (SSSR count). The topological polar surface area (TPSA) is 35.8 Å². The lowest BCUT2D eigenvalue weighted by atomic mass is 9.79. The van der Waals surface area contributed by atoms with Crippen LogP contribution >= 0.6 is 0 Å². The van der Waals surface area contributed by atoms with Crippen LogP contribution in [-0.2, 0) is 0 Å². The van der Waals surface area contributed by atoms with Crippen LogP contribution < -0.4 is 4.90 Å². The molecule has 0 bridgehead atoms. The van der Waals surface area contributed by atoms with Gasteiger partial charge in [-0.3, -0.25) is 0 Å². The van der Waals surface area contributed by atoms with Crippen molar-refractivity contribution in [2.45, 2.75) is 45.6 Å². The van der Waals surface area contributed by atoms with Gasteiger partial charge in [-0.15, -0.1) is 0 Å². The fourth-order valence-corrected chi connectivity index (χ4v) is 2.94. The van der Waals surface area contributed by atoms with Gasteiger partial charge in [0.25, 0.3) is 0 Å². The molecule has 0 aromatic heterocycles. The first-order chi connectivity index (χ1) is 8.36. The lowest BCUT2D eigenvalue weighted by Crippen LogP contribution is -2.45. The van der Waals surface area contributed by atoms with E-state index in [1.165, 1.54) is 17.5 Å². The highest BCUT2D eigenvalue weighted by molar-refractivity contribution is 5.83. The van der Waals surface area contributed by atoms with E-state index < -0.39 is 0 Å². The van der Waals surface area contributed by atoms with Gasteiger partial charge >= 0.3 is 0 Å². The van der Waals surface area contributed by atoms with Gasteiger partial charge in [0.05, 0.1) is 6.21 Å². The van der Waals surface area contributed by atoms with E-state index in [2.05, 4.69) is 56.9 Å². The van der Waals surface area contributed by atoms with Crippen LogP contribution in [0.4, 0.5) is 5.69 Å². The Balaban J connectivity index is 2.58. The van der Waals surface area contributed by atoms with Crippen molar-refractivity contribution in [3.8, 4) is 0 Å². The molecule has 1 aliphatic heterocycles. The van der Waals surface area contributed by atoms with E-state index in [1.807, 2.05) is 0 Å². The summed E-state index contributed by atoms with van der Waals surface area (Å²) >= 11 is 0. The zero-order valence-corrected chi connectivity index (χ0v) is 11.9. The molecule has 1 aromatic rings. The Morgan fingerprint density at radius 3 is 2.72 bits per heavy atom. The van der Waals surface area contributed by atoms with Gasteiger partial charge in [0, 0.05) is 18.3 Å². The molecular formula is C15H22N2O. The van der Waals surface area contributed by atoms with Crippen LogP contribution in [0.25, 0.3) is 0 Å². The largest absolute Gasteiger partial charge is 0.411 e. The molecule has 0 radical (unpaired) electrons. The van der Waals surface area contributed by atoms with E-state index in [0.29, 0.717) is 5.92 Å². The Labute approximate surface area is 109 Å². The average Bonchev–Trinajstić information content (AvgIpc) is 2.28. The zero-order chi connectivity index (χ0) is 13.5. The number of hydrogen-bond acceptors (Lipinski definition) is 3. The fraction of sp³-hybridized carbons (Fsp3) is 0.533. The number of benzene rings is 1. The highest BCUT2D eigenvalue weighted by Gasteiger charge is 2.34. The molecular weight excluding hydrogens is 224 g/mol. The summed E-state index contributed by atoms with van der Waals surface area (Å²) in [6.45, 7) is 8.88. The van der Waals surface area contributed by atoms with Crippen LogP contribution in [0.1, 0.15) is 49.8 Å². The molecule has 1 aliphatic rings. The summed E-state index contributed by atoms with van der Waals surface area (Å²) in [5.74, 6) is 0.526. The minimum Gasteiger partial charge on any atom is -0.411 e. The maximum absolute atomic E-state index is 8.71. The molecule has 18 heavy (non-hydrogen) atoms. The predicted molar refractivity (Wildman–Crippen MR) is 76.1 cm³/mol. The third-order valence-corrected chi connectivity index (χ3v) is 4.22. The quantitative estimate of drug-likeness (QED) is 0.467. The van der Waals surface area contributed by atoms with E-state index in [9.17, 15) is 0 Å². The second-order valence-corrected chi connectivity index (χ2v) is 5.99. The Bertz CT molecular complexity index is 492. The second kappa shape index (κ2) is 4.30. The van der Waals surface area contributed by atoms with Gasteiger partial charge < -0.3 is 10.1 Å². The molecule has 0 saturated carbocycles. The monoisotopic (exact) mass is 246 g/mol. The first-order valence-electron chi connectivity index (χ1n) is 6.42. The SMILES string of the molecule is Cc1cc2c(cc1/C=N/O)C(C)CC(C)(C)N2C. The minimum absolute atomic E-state index is 0.186. The number of nitrogens with zero attached hydrogens (tertiary/aromatic N) is 2. The van der Waals surface area contributed by atoms with Crippen LogP contribution in [0.5, 0.6) is 0 Å². The third-order valence-electron chi connectivity index (χ3n) is 4.22. The fourth-order valence-electron chi connectivity index (χ4n) is 2.94. The molecule has 0 fully saturated rings. The molecule has 98 valence electrons. The van der Waals surface area contributed by atoms with Crippen molar-refractivity contribution in [2.24, 2.45) is 5.16 Å². The highest BCUT2D eigenvalue weighted by atomic mass is 16.4. The number of rotatable bonds is 1. The Kier molecular flexibility index (Phi) is 3.09. The van der Waals surface area contributed by atoms with E-state index in [1.54, 1.807) is 0 Å². The highest BCUT2D eigenvalue weighted by Crippen LogP contribution is 2.43. The Morgan fingerprint density at radius 1 is 1.44 bits per heavy atom. The number of hydrogen-bond donors (Lipinski definition) is 1. The smallest absolute Gasteiger partial charge is 0.0736 e. The zero-order valence-electron chi connectivity index (χ0n) is 11.9. The normalized spacial score (nSPS) is 22.3. The minimum atomic E-state index is 0.186. The summed E-state index contributed by atoms with van der Waals surface area (Å²) in [7, 11) is 2.16. The first kappa shape index (κ1) is 12.9. The molecule has 1 aromatic carbocycles. The van der Waals surface area contributed by atoms with Crippen LogP contribution in [0, 0.1) is 6.92 Å². The van der Waals surface area contributed by atoms with Crippen molar-refractivity contribution in [1.82, 2.24) is 0 Å². The van der Waals surface area contributed by atoms with Crippen LogP contribution in [0.2, 0.25) is 0 Å². The second-order valence-electron chi connectivity index (χ2n) is 5.99. The molecule has 0 spiro atoms. The van der Waals surface area contributed by atoms with Gasteiger partial charge in [-0.05, 0) is 61.9 Å². The summed E-state index contributed by atoms with van der Waals surface area (Å²) < 4.78 is 0. The summed E-state index contributed by atoms with van der Waals surface area (Å²) in [5.41, 5.74) is 4.97. The van der Waals surface area contributed by atoms with Crippen molar-refractivity contribution < 1.29 is 5.21 Å². The molecule has 0 saturated heterocycles. The number of fused-ring (bicyclic) bond motifs is 1. The lowest BCUT2D eigenvalue weighted by molar-refractivity contribution is 0.322. The molecule has 1 heterocycles. The number of anilines is 1. The van der Waals surface area contributed by atoms with Crippen molar-refractivity contribution in [2.75, 3.05) is 11.9 Å². The van der Waals surface area contributed by atoms with Gasteiger partial charge in [-0.25, -0.2) is 0 Å². The summed E-state index contributed by atoms with van der Waals surface area (Å²) in [6, 6.07) is 4.35. The van der Waals surface area contributed by atoms with Crippen molar-refractivity contribution >= 4 is 11.9 Å². The van der Waals surface area contributed by atoms with E-state index in [4.69, 9.17) is 5.21 Å². The molecule has 1 N–H and O–H groups in total. The Morgan fingerprint density at radius 2 is 2.11 bits per heavy atom. The van der Waals surface area contributed by atoms with Gasteiger partial charge in [-0.1, -0.05) is 12.1 Å². The third kappa shape index (κ3) is 1.98. The van der Waals surface area contributed by atoms with Crippen molar-refractivity contribution in [3.05, 3.63) is 28.8 Å².